The summed E-state index contributed by atoms with van der Waals surface area (Å²) in [6.45, 7) is 1.24. The first-order valence-corrected chi connectivity index (χ1v) is 6.04. The summed E-state index contributed by atoms with van der Waals surface area (Å²) in [6, 6.07) is 7.41. The van der Waals surface area contributed by atoms with E-state index in [9.17, 15) is 14.4 Å². The molecule has 0 fully saturated rings. The number of ether oxygens (including phenoxy) is 1. The molecule has 7 heteroatoms. The van der Waals surface area contributed by atoms with E-state index in [-0.39, 0.29) is 11.4 Å². The Balaban J connectivity index is 1.85. The van der Waals surface area contributed by atoms with Gasteiger partial charge in [0, 0.05) is 11.6 Å². The van der Waals surface area contributed by atoms with Crippen LogP contribution >= 0.6 is 0 Å². The average Bonchev–Trinajstić information content (AvgIpc) is 2.90. The van der Waals surface area contributed by atoms with Gasteiger partial charge >= 0.3 is 5.97 Å². The van der Waals surface area contributed by atoms with Gasteiger partial charge in [0.1, 0.15) is 12.0 Å². The third-order valence-electron chi connectivity index (χ3n) is 2.51. The van der Waals surface area contributed by atoms with E-state index in [1.165, 1.54) is 30.3 Å². The Labute approximate surface area is 119 Å². The van der Waals surface area contributed by atoms with Crippen molar-refractivity contribution >= 4 is 24.0 Å². The zero-order valence-corrected chi connectivity index (χ0v) is 11.2. The van der Waals surface area contributed by atoms with Gasteiger partial charge in [-0.25, -0.2) is 4.79 Å². The minimum atomic E-state index is -0.654. The van der Waals surface area contributed by atoms with Crippen molar-refractivity contribution in [2.75, 3.05) is 11.9 Å². The first-order chi connectivity index (χ1) is 10.1. The Morgan fingerprint density at radius 3 is 2.62 bits per heavy atom. The number of rotatable bonds is 5. The second-order valence-corrected chi connectivity index (χ2v) is 4.19. The SMILES string of the molecule is Cc1cc(NC(=O)COC(=O)c2ccc(C=O)cc2)no1. The summed E-state index contributed by atoms with van der Waals surface area (Å²) in [5, 5.41) is 6.00. The minimum absolute atomic E-state index is 0.254. The maximum atomic E-state index is 11.7. The summed E-state index contributed by atoms with van der Waals surface area (Å²) in [5.74, 6) is -0.374. The molecule has 108 valence electrons. The van der Waals surface area contributed by atoms with Crippen LogP contribution in [0.5, 0.6) is 0 Å². The van der Waals surface area contributed by atoms with Crippen molar-refractivity contribution in [3.8, 4) is 0 Å². The maximum absolute atomic E-state index is 11.7. The molecule has 0 aliphatic rings. The van der Waals surface area contributed by atoms with Gasteiger partial charge < -0.3 is 14.6 Å². The second kappa shape index (κ2) is 6.47. The van der Waals surface area contributed by atoms with Crippen molar-refractivity contribution in [2.24, 2.45) is 0 Å². The number of nitrogens with zero attached hydrogens (tertiary/aromatic N) is 1. The summed E-state index contributed by atoms with van der Waals surface area (Å²) in [6.07, 6.45) is 0.669. The zero-order chi connectivity index (χ0) is 15.2. The molecule has 1 aromatic carbocycles. The molecule has 2 rings (SSSR count). The lowest BCUT2D eigenvalue weighted by molar-refractivity contribution is -0.119. The van der Waals surface area contributed by atoms with Crippen LogP contribution < -0.4 is 5.32 Å². The fourth-order valence-corrected chi connectivity index (χ4v) is 1.52. The molecule has 0 saturated heterocycles. The molecule has 1 heterocycles. The Morgan fingerprint density at radius 2 is 2.05 bits per heavy atom. The molecule has 0 radical (unpaired) electrons. The number of anilines is 1. The van der Waals surface area contributed by atoms with Crippen LogP contribution in [0.3, 0.4) is 0 Å². The van der Waals surface area contributed by atoms with Gasteiger partial charge in [0.05, 0.1) is 5.56 Å². The second-order valence-electron chi connectivity index (χ2n) is 4.19. The molecule has 0 bridgehead atoms. The van der Waals surface area contributed by atoms with Crippen molar-refractivity contribution in [3.63, 3.8) is 0 Å². The van der Waals surface area contributed by atoms with Crippen LogP contribution in [0, 0.1) is 6.92 Å². The third-order valence-corrected chi connectivity index (χ3v) is 2.51. The number of esters is 1. The molecule has 2 aromatic rings. The van der Waals surface area contributed by atoms with E-state index in [1.807, 2.05) is 0 Å². The molecule has 1 aromatic heterocycles. The highest BCUT2D eigenvalue weighted by Gasteiger charge is 2.11. The number of aromatic nitrogens is 1. The lowest BCUT2D eigenvalue weighted by Crippen LogP contribution is -2.21. The topological polar surface area (TPSA) is 98.5 Å². The van der Waals surface area contributed by atoms with E-state index >= 15 is 0 Å². The predicted molar refractivity (Wildman–Crippen MR) is 72.0 cm³/mol. The van der Waals surface area contributed by atoms with E-state index in [4.69, 9.17) is 9.26 Å². The summed E-state index contributed by atoms with van der Waals surface area (Å²) in [4.78, 5) is 33.7. The molecule has 1 N–H and O–H groups in total. The molecule has 0 aliphatic carbocycles. The Hall–Kier alpha value is -2.96. The van der Waals surface area contributed by atoms with Crippen LogP contribution in [0.2, 0.25) is 0 Å². The summed E-state index contributed by atoms with van der Waals surface area (Å²) in [5.41, 5.74) is 0.705. The molecule has 21 heavy (non-hydrogen) atoms. The van der Waals surface area contributed by atoms with Crippen LogP contribution in [0.25, 0.3) is 0 Å². The highest BCUT2D eigenvalue weighted by atomic mass is 16.5. The smallest absolute Gasteiger partial charge is 0.338 e. The summed E-state index contributed by atoms with van der Waals surface area (Å²) in [7, 11) is 0. The van der Waals surface area contributed by atoms with E-state index in [2.05, 4.69) is 10.5 Å². The van der Waals surface area contributed by atoms with Crippen molar-refractivity contribution in [3.05, 3.63) is 47.2 Å². The Morgan fingerprint density at radius 1 is 1.33 bits per heavy atom. The lowest BCUT2D eigenvalue weighted by Gasteiger charge is -2.04. The van der Waals surface area contributed by atoms with Gasteiger partial charge in [0.15, 0.2) is 12.4 Å². The number of nitrogens with one attached hydrogen (secondary N) is 1. The predicted octanol–water partition coefficient (Wildman–Crippen LogP) is 1.59. The van der Waals surface area contributed by atoms with Crippen LogP contribution in [0.15, 0.2) is 34.9 Å². The number of hydrogen-bond acceptors (Lipinski definition) is 6. The lowest BCUT2D eigenvalue weighted by atomic mass is 10.1. The van der Waals surface area contributed by atoms with E-state index in [0.29, 0.717) is 17.6 Å². The number of benzene rings is 1. The quantitative estimate of drug-likeness (QED) is 0.662. The zero-order valence-electron chi connectivity index (χ0n) is 11.2. The van der Waals surface area contributed by atoms with Gasteiger partial charge in [-0.3, -0.25) is 9.59 Å². The van der Waals surface area contributed by atoms with Gasteiger partial charge in [0.2, 0.25) is 0 Å². The molecular weight excluding hydrogens is 276 g/mol. The first-order valence-electron chi connectivity index (χ1n) is 6.04. The molecule has 0 spiro atoms. The standard InChI is InChI=1S/C14H12N2O5/c1-9-6-12(16-21-9)15-13(18)8-20-14(19)11-4-2-10(7-17)3-5-11/h2-7H,8H2,1H3,(H,15,16,18). The molecule has 0 saturated carbocycles. The normalized spacial score (nSPS) is 9.95. The highest BCUT2D eigenvalue weighted by Crippen LogP contribution is 2.07. The van der Waals surface area contributed by atoms with Gasteiger partial charge in [-0.2, -0.15) is 0 Å². The van der Waals surface area contributed by atoms with Crippen LogP contribution in [0.4, 0.5) is 5.82 Å². The van der Waals surface area contributed by atoms with Crippen LogP contribution in [-0.2, 0) is 9.53 Å². The largest absolute Gasteiger partial charge is 0.452 e. The molecule has 0 atom stereocenters. The van der Waals surface area contributed by atoms with Gasteiger partial charge in [-0.05, 0) is 19.1 Å². The Kier molecular flexibility index (Phi) is 4.45. The van der Waals surface area contributed by atoms with Gasteiger partial charge in [-0.15, -0.1) is 0 Å². The fraction of sp³-hybridized carbons (Fsp3) is 0.143. The third kappa shape index (κ3) is 4.00. The van der Waals surface area contributed by atoms with Crippen molar-refractivity contribution in [1.29, 1.82) is 0 Å². The number of aryl methyl sites for hydroxylation is 1. The molecular formula is C14H12N2O5. The van der Waals surface area contributed by atoms with Gasteiger partial charge in [-0.1, -0.05) is 17.3 Å². The van der Waals surface area contributed by atoms with Gasteiger partial charge in [0.25, 0.3) is 5.91 Å². The molecule has 0 unspecified atom stereocenters. The molecule has 1 amide bonds. The number of carbonyl (C=O) groups is 3. The highest BCUT2D eigenvalue weighted by molar-refractivity contribution is 5.95. The van der Waals surface area contributed by atoms with Crippen molar-refractivity contribution < 1.29 is 23.6 Å². The van der Waals surface area contributed by atoms with Crippen LogP contribution in [-0.4, -0.2) is 29.9 Å². The van der Waals surface area contributed by atoms with Crippen LogP contribution in [0.1, 0.15) is 26.5 Å². The monoisotopic (exact) mass is 288 g/mol. The number of carbonyl (C=O) groups excluding carboxylic acids is 3. The molecule has 0 aliphatic heterocycles. The van der Waals surface area contributed by atoms with Crippen molar-refractivity contribution in [2.45, 2.75) is 6.92 Å². The summed E-state index contributed by atoms with van der Waals surface area (Å²) < 4.78 is 9.63. The van der Waals surface area contributed by atoms with E-state index in [1.54, 1.807) is 6.92 Å². The number of aldehydes is 1. The van der Waals surface area contributed by atoms with E-state index < -0.39 is 18.5 Å². The summed E-state index contributed by atoms with van der Waals surface area (Å²) >= 11 is 0. The average molecular weight is 288 g/mol. The maximum Gasteiger partial charge on any atom is 0.338 e. The minimum Gasteiger partial charge on any atom is -0.452 e. The fourth-order valence-electron chi connectivity index (χ4n) is 1.52. The number of amides is 1. The first kappa shape index (κ1) is 14.4. The number of hydrogen-bond donors (Lipinski definition) is 1. The Bertz CT molecular complexity index is 660. The van der Waals surface area contributed by atoms with E-state index in [0.717, 1.165) is 0 Å². The van der Waals surface area contributed by atoms with Crippen molar-refractivity contribution in [1.82, 2.24) is 5.16 Å². The molecule has 7 nitrogen and oxygen atoms in total.